The molecule has 1 spiro atoms. The lowest BCUT2D eigenvalue weighted by Gasteiger charge is -2.36. The first-order chi connectivity index (χ1) is 13.0. The van der Waals surface area contributed by atoms with Crippen LogP contribution < -0.4 is 11.5 Å². The molecule has 2 unspecified atom stereocenters. The van der Waals surface area contributed by atoms with Gasteiger partial charge in [0, 0.05) is 12.1 Å². The van der Waals surface area contributed by atoms with Gasteiger partial charge in [0.05, 0.1) is 23.3 Å². The summed E-state index contributed by atoms with van der Waals surface area (Å²) in [4.78, 5) is 25.9. The van der Waals surface area contributed by atoms with Crippen molar-refractivity contribution in [1.82, 2.24) is 14.7 Å². The van der Waals surface area contributed by atoms with Crippen LogP contribution in [-0.2, 0) is 12.1 Å². The number of fused-ring (bicyclic) bond motifs is 2. The maximum absolute atomic E-state index is 13.8. The summed E-state index contributed by atoms with van der Waals surface area (Å²) in [6.07, 6.45) is 0.815. The molecule has 0 saturated heterocycles. The predicted molar refractivity (Wildman–Crippen MR) is 102 cm³/mol. The number of carbonyl (C=O) groups excluding carboxylic acids is 2. The van der Waals surface area contributed by atoms with Crippen LogP contribution in [0.2, 0.25) is 0 Å². The molecule has 1 aromatic carbocycles. The molecule has 4 rings (SSSR count). The second-order valence-electron chi connectivity index (χ2n) is 8.88. The van der Waals surface area contributed by atoms with Crippen molar-refractivity contribution in [3.63, 3.8) is 0 Å². The van der Waals surface area contributed by atoms with E-state index < -0.39 is 23.3 Å². The van der Waals surface area contributed by atoms with Gasteiger partial charge in [0.2, 0.25) is 0 Å². The van der Waals surface area contributed by atoms with E-state index in [2.05, 4.69) is 20.8 Å². The van der Waals surface area contributed by atoms with E-state index in [9.17, 15) is 14.0 Å². The number of nitrogens with zero attached hydrogens (tertiary/aromatic N) is 3. The van der Waals surface area contributed by atoms with Crippen LogP contribution in [0.4, 0.5) is 9.18 Å². The molecule has 0 radical (unpaired) electrons. The fraction of sp³-hybridized carbons (Fsp3) is 0.450. The van der Waals surface area contributed by atoms with Gasteiger partial charge in [-0.2, -0.15) is 5.10 Å². The van der Waals surface area contributed by atoms with E-state index in [-0.39, 0.29) is 23.4 Å². The van der Waals surface area contributed by atoms with Crippen molar-refractivity contribution >= 4 is 11.9 Å². The number of amides is 3. The van der Waals surface area contributed by atoms with Gasteiger partial charge in [-0.05, 0) is 29.9 Å². The number of urea groups is 1. The van der Waals surface area contributed by atoms with Crippen LogP contribution >= 0.6 is 0 Å². The molecule has 8 heteroatoms. The van der Waals surface area contributed by atoms with Gasteiger partial charge < -0.3 is 16.4 Å². The minimum Gasteiger partial charge on any atom is -0.365 e. The number of rotatable bonds is 2. The molecule has 4 N–H and O–H groups in total. The summed E-state index contributed by atoms with van der Waals surface area (Å²) >= 11 is 0. The number of primary amides is 2. The van der Waals surface area contributed by atoms with Crippen molar-refractivity contribution in [2.24, 2.45) is 22.8 Å². The topological polar surface area (TPSA) is 107 Å². The summed E-state index contributed by atoms with van der Waals surface area (Å²) < 4.78 is 15.6. The Hall–Kier alpha value is -2.90. The zero-order valence-corrected chi connectivity index (χ0v) is 16.2. The first-order valence-electron chi connectivity index (χ1n) is 9.27. The Balaban J connectivity index is 1.94. The molecule has 7 nitrogen and oxygen atoms in total. The standard InChI is InChI=1S/C20H24FN5O2/c1-19(2,3)14-8-20(14)10-25(18(23)28)9-13-15(17(22)27)16(24-26(13)20)11-5-4-6-12(21)7-11/h4-7,14H,8-10H2,1-3H3,(H2,22,27)(H2,23,28). The Labute approximate surface area is 162 Å². The minimum atomic E-state index is -0.657. The first-order valence-corrected chi connectivity index (χ1v) is 9.27. The summed E-state index contributed by atoms with van der Waals surface area (Å²) in [7, 11) is 0. The normalized spacial score (nSPS) is 23.6. The molecule has 0 bridgehead atoms. The number of hydrogen-bond acceptors (Lipinski definition) is 3. The average Bonchev–Trinajstić information content (AvgIpc) is 3.17. The minimum absolute atomic E-state index is 0.0181. The number of carbonyl (C=O) groups is 2. The highest BCUT2D eigenvalue weighted by atomic mass is 19.1. The van der Waals surface area contributed by atoms with Gasteiger partial charge in [-0.15, -0.1) is 0 Å². The summed E-state index contributed by atoms with van der Waals surface area (Å²) in [6, 6.07) is 5.36. The number of benzene rings is 1. The molecule has 2 atom stereocenters. The van der Waals surface area contributed by atoms with Gasteiger partial charge in [-0.3, -0.25) is 9.48 Å². The van der Waals surface area contributed by atoms with Gasteiger partial charge in [0.15, 0.2) is 0 Å². The molecule has 2 heterocycles. The monoisotopic (exact) mass is 385 g/mol. The molecule has 1 fully saturated rings. The third-order valence-corrected chi connectivity index (χ3v) is 5.96. The molecule has 148 valence electrons. The maximum Gasteiger partial charge on any atom is 0.315 e. The molecule has 28 heavy (non-hydrogen) atoms. The second kappa shape index (κ2) is 5.80. The molecule has 3 amide bonds. The number of aromatic nitrogens is 2. The Morgan fingerprint density at radius 2 is 2.00 bits per heavy atom. The van der Waals surface area contributed by atoms with Crippen molar-refractivity contribution in [2.45, 2.75) is 39.3 Å². The third kappa shape index (κ3) is 2.66. The lowest BCUT2D eigenvalue weighted by molar-refractivity contribution is 0.0994. The van der Waals surface area contributed by atoms with Gasteiger partial charge >= 0.3 is 6.03 Å². The summed E-state index contributed by atoms with van der Waals surface area (Å²) in [5.74, 6) is -0.830. The molecule has 2 aromatic rings. The fourth-order valence-corrected chi connectivity index (χ4v) is 4.67. The van der Waals surface area contributed by atoms with Crippen molar-refractivity contribution in [3.8, 4) is 11.3 Å². The zero-order chi connectivity index (χ0) is 20.4. The highest BCUT2D eigenvalue weighted by Crippen LogP contribution is 2.61. The molecule has 1 aliphatic carbocycles. The lowest BCUT2D eigenvalue weighted by atomic mass is 9.86. The van der Waals surface area contributed by atoms with E-state index in [0.29, 0.717) is 23.5 Å². The van der Waals surface area contributed by atoms with Gasteiger partial charge in [-0.1, -0.05) is 32.9 Å². The molecule has 1 saturated carbocycles. The molecular formula is C20H24FN5O2. The smallest absolute Gasteiger partial charge is 0.315 e. The van der Waals surface area contributed by atoms with E-state index in [1.807, 2.05) is 4.68 Å². The van der Waals surface area contributed by atoms with E-state index in [1.54, 1.807) is 12.1 Å². The Bertz CT molecular complexity index is 993. The number of nitrogens with two attached hydrogens (primary N) is 2. The van der Waals surface area contributed by atoms with Gasteiger partial charge in [-0.25, -0.2) is 9.18 Å². The van der Waals surface area contributed by atoms with Crippen molar-refractivity contribution in [1.29, 1.82) is 0 Å². The van der Waals surface area contributed by atoms with Crippen LogP contribution in [0.25, 0.3) is 11.3 Å². The SMILES string of the molecule is CC(C)(C)C1CC12CN(C(N)=O)Cc1c(C(N)=O)c(-c3cccc(F)c3)nn12. The zero-order valence-electron chi connectivity index (χ0n) is 16.2. The van der Waals surface area contributed by atoms with Crippen LogP contribution in [0.3, 0.4) is 0 Å². The quantitative estimate of drug-likeness (QED) is 0.829. The Morgan fingerprint density at radius 1 is 1.29 bits per heavy atom. The highest BCUT2D eigenvalue weighted by Gasteiger charge is 2.64. The molecule has 1 aliphatic heterocycles. The second-order valence-corrected chi connectivity index (χ2v) is 8.88. The van der Waals surface area contributed by atoms with E-state index in [4.69, 9.17) is 16.6 Å². The van der Waals surface area contributed by atoms with Crippen molar-refractivity contribution in [3.05, 3.63) is 41.3 Å². The molecule has 1 aromatic heterocycles. The van der Waals surface area contributed by atoms with Crippen LogP contribution in [0.5, 0.6) is 0 Å². The van der Waals surface area contributed by atoms with Crippen LogP contribution in [0, 0.1) is 17.2 Å². The van der Waals surface area contributed by atoms with Crippen molar-refractivity contribution in [2.75, 3.05) is 6.54 Å². The Morgan fingerprint density at radius 3 is 2.54 bits per heavy atom. The average molecular weight is 385 g/mol. The largest absolute Gasteiger partial charge is 0.365 e. The van der Waals surface area contributed by atoms with E-state index in [0.717, 1.165) is 6.42 Å². The van der Waals surface area contributed by atoms with Crippen LogP contribution in [0.15, 0.2) is 24.3 Å². The Kier molecular flexibility index (Phi) is 3.82. The lowest BCUT2D eigenvalue weighted by Crippen LogP contribution is -2.49. The highest BCUT2D eigenvalue weighted by molar-refractivity contribution is 6.00. The van der Waals surface area contributed by atoms with Crippen LogP contribution in [0.1, 0.15) is 43.2 Å². The summed E-state index contributed by atoms with van der Waals surface area (Å²) in [6.45, 7) is 7.00. The number of halogens is 1. The van der Waals surface area contributed by atoms with Gasteiger partial charge in [0.25, 0.3) is 5.91 Å². The first kappa shape index (κ1) is 18.5. The fourth-order valence-electron chi connectivity index (χ4n) is 4.67. The third-order valence-electron chi connectivity index (χ3n) is 5.96. The molecular weight excluding hydrogens is 361 g/mol. The summed E-state index contributed by atoms with van der Waals surface area (Å²) in [5.41, 5.74) is 12.4. The van der Waals surface area contributed by atoms with E-state index in [1.165, 1.54) is 17.0 Å². The molecule has 2 aliphatic rings. The maximum atomic E-state index is 13.8. The van der Waals surface area contributed by atoms with E-state index >= 15 is 0 Å². The van der Waals surface area contributed by atoms with Crippen LogP contribution in [-0.4, -0.2) is 33.2 Å². The predicted octanol–water partition coefficient (Wildman–Crippen LogP) is 2.44. The van der Waals surface area contributed by atoms with Gasteiger partial charge in [0.1, 0.15) is 11.5 Å². The van der Waals surface area contributed by atoms with Crippen molar-refractivity contribution < 1.29 is 14.0 Å². The number of hydrogen-bond donors (Lipinski definition) is 2. The summed E-state index contributed by atoms with van der Waals surface area (Å²) in [5, 5.41) is 4.73.